The Morgan fingerprint density at radius 3 is 2.03 bits per heavy atom. The quantitative estimate of drug-likeness (QED) is 0.501. The van der Waals surface area contributed by atoms with Crippen molar-refractivity contribution in [3.8, 4) is 5.75 Å². The number of amides is 3. The number of rotatable bonds is 7. The van der Waals surface area contributed by atoms with Crippen LogP contribution in [0.25, 0.3) is 0 Å². The van der Waals surface area contributed by atoms with E-state index in [1.165, 1.54) is 12.0 Å². The summed E-state index contributed by atoms with van der Waals surface area (Å²) in [5.74, 6) is -1.51. The van der Waals surface area contributed by atoms with Crippen LogP contribution in [0.5, 0.6) is 5.75 Å². The van der Waals surface area contributed by atoms with Crippen LogP contribution in [0.2, 0.25) is 0 Å². The average molecular weight is 474 g/mol. The lowest BCUT2D eigenvalue weighted by atomic mass is 10.0. The zero-order valence-electron chi connectivity index (χ0n) is 20.4. The Hall–Kier alpha value is -4.13. The first kappa shape index (κ1) is 25.5. The van der Waals surface area contributed by atoms with E-state index in [1.807, 2.05) is 45.0 Å². The third kappa shape index (κ3) is 6.93. The van der Waals surface area contributed by atoms with Crippen LogP contribution in [0.15, 0.2) is 84.9 Å². The minimum Gasteiger partial charge on any atom is -0.496 e. The number of hydrogen-bond donors (Lipinski definition) is 2. The highest BCUT2D eigenvalue weighted by atomic mass is 16.5. The van der Waals surface area contributed by atoms with Crippen molar-refractivity contribution in [2.45, 2.75) is 38.9 Å². The molecule has 0 aliphatic heterocycles. The van der Waals surface area contributed by atoms with E-state index in [2.05, 4.69) is 10.6 Å². The Morgan fingerprint density at radius 2 is 1.43 bits per heavy atom. The van der Waals surface area contributed by atoms with Crippen LogP contribution in [0.4, 0.5) is 5.69 Å². The molecule has 3 amide bonds. The van der Waals surface area contributed by atoms with Crippen LogP contribution in [0.3, 0.4) is 0 Å². The molecule has 7 heteroatoms. The minimum absolute atomic E-state index is 0.0117. The summed E-state index contributed by atoms with van der Waals surface area (Å²) in [7, 11) is 1.54. The Morgan fingerprint density at radius 1 is 0.857 bits per heavy atom. The summed E-state index contributed by atoms with van der Waals surface area (Å²) >= 11 is 0. The van der Waals surface area contributed by atoms with E-state index in [4.69, 9.17) is 4.74 Å². The number of ether oxygens (including phenoxy) is 1. The Labute approximate surface area is 206 Å². The first-order valence-electron chi connectivity index (χ1n) is 11.4. The van der Waals surface area contributed by atoms with E-state index in [9.17, 15) is 14.4 Å². The van der Waals surface area contributed by atoms with Gasteiger partial charge in [-0.25, -0.2) is 0 Å². The normalized spacial score (nSPS) is 11.8. The van der Waals surface area contributed by atoms with Crippen LogP contribution in [0, 0.1) is 0 Å². The third-order valence-corrected chi connectivity index (χ3v) is 5.19. The second kappa shape index (κ2) is 11.3. The highest BCUT2D eigenvalue weighted by Crippen LogP contribution is 2.28. The fourth-order valence-corrected chi connectivity index (χ4v) is 3.68. The van der Waals surface area contributed by atoms with Gasteiger partial charge in [-0.05, 0) is 44.5 Å². The molecular weight excluding hydrogens is 442 g/mol. The molecule has 3 rings (SSSR count). The van der Waals surface area contributed by atoms with Gasteiger partial charge in [-0.2, -0.15) is 0 Å². The molecule has 0 aliphatic carbocycles. The topological polar surface area (TPSA) is 87.7 Å². The molecule has 3 aromatic rings. The molecule has 0 aromatic heterocycles. The van der Waals surface area contributed by atoms with E-state index >= 15 is 0 Å². The van der Waals surface area contributed by atoms with Gasteiger partial charge in [-0.1, -0.05) is 66.7 Å². The van der Waals surface area contributed by atoms with Gasteiger partial charge in [0.05, 0.1) is 13.7 Å². The first-order chi connectivity index (χ1) is 16.7. The summed E-state index contributed by atoms with van der Waals surface area (Å²) in [6.07, 6.45) is 0. The molecule has 0 saturated carbocycles. The Bertz CT molecular complexity index is 1160. The third-order valence-electron chi connectivity index (χ3n) is 5.19. The molecule has 0 radical (unpaired) electrons. The molecule has 0 heterocycles. The molecule has 35 heavy (non-hydrogen) atoms. The van der Waals surface area contributed by atoms with Gasteiger partial charge < -0.3 is 20.3 Å². The molecule has 0 fully saturated rings. The van der Waals surface area contributed by atoms with E-state index in [1.54, 1.807) is 60.7 Å². The van der Waals surface area contributed by atoms with Crippen LogP contribution in [0.1, 0.15) is 37.9 Å². The lowest BCUT2D eigenvalue weighted by molar-refractivity contribution is -0.148. The molecule has 2 N–H and O–H groups in total. The van der Waals surface area contributed by atoms with Gasteiger partial charge in [0.2, 0.25) is 5.91 Å². The number of para-hydroxylation sites is 2. The van der Waals surface area contributed by atoms with Gasteiger partial charge >= 0.3 is 11.8 Å². The van der Waals surface area contributed by atoms with Gasteiger partial charge in [-0.15, -0.1) is 0 Å². The van der Waals surface area contributed by atoms with Crippen molar-refractivity contribution < 1.29 is 19.1 Å². The molecular formula is C28H31N3O4. The van der Waals surface area contributed by atoms with Crippen molar-refractivity contribution in [2.75, 3.05) is 12.4 Å². The second-order valence-corrected chi connectivity index (χ2v) is 9.12. The van der Waals surface area contributed by atoms with E-state index < -0.39 is 23.4 Å². The summed E-state index contributed by atoms with van der Waals surface area (Å²) in [5.41, 5.74) is 1.19. The van der Waals surface area contributed by atoms with Crippen molar-refractivity contribution in [3.63, 3.8) is 0 Å². The maximum Gasteiger partial charge on any atom is 0.313 e. The zero-order valence-corrected chi connectivity index (χ0v) is 20.4. The number of anilines is 1. The molecule has 0 spiro atoms. The molecule has 0 saturated heterocycles. The fraction of sp³-hybridized carbons (Fsp3) is 0.250. The second-order valence-electron chi connectivity index (χ2n) is 9.12. The van der Waals surface area contributed by atoms with Crippen molar-refractivity contribution in [2.24, 2.45) is 0 Å². The number of benzene rings is 3. The van der Waals surface area contributed by atoms with Crippen LogP contribution in [-0.2, 0) is 20.9 Å². The van der Waals surface area contributed by atoms with Gasteiger partial charge in [0, 0.05) is 16.8 Å². The zero-order chi connectivity index (χ0) is 25.4. The monoisotopic (exact) mass is 473 g/mol. The van der Waals surface area contributed by atoms with Crippen molar-refractivity contribution >= 4 is 23.4 Å². The first-order valence-corrected chi connectivity index (χ1v) is 11.4. The fourth-order valence-electron chi connectivity index (χ4n) is 3.68. The summed E-state index contributed by atoms with van der Waals surface area (Å²) in [5, 5.41) is 5.60. The molecule has 7 nitrogen and oxygen atoms in total. The van der Waals surface area contributed by atoms with E-state index in [0.29, 0.717) is 22.6 Å². The van der Waals surface area contributed by atoms with Gasteiger partial charge in [-0.3, -0.25) is 14.4 Å². The molecule has 1 atom stereocenters. The highest BCUT2D eigenvalue weighted by Gasteiger charge is 2.36. The number of methoxy groups -OCH3 is 1. The van der Waals surface area contributed by atoms with E-state index in [-0.39, 0.29) is 12.5 Å². The number of carbonyl (C=O) groups is 3. The lowest BCUT2D eigenvalue weighted by Gasteiger charge is -2.33. The maximum absolute atomic E-state index is 13.6. The summed E-state index contributed by atoms with van der Waals surface area (Å²) < 4.78 is 5.47. The van der Waals surface area contributed by atoms with E-state index in [0.717, 1.165) is 0 Å². The van der Waals surface area contributed by atoms with Crippen LogP contribution < -0.4 is 15.4 Å². The van der Waals surface area contributed by atoms with Crippen molar-refractivity contribution in [1.29, 1.82) is 0 Å². The largest absolute Gasteiger partial charge is 0.496 e. The number of hydrogen-bond acceptors (Lipinski definition) is 4. The maximum atomic E-state index is 13.6. The Kier molecular flexibility index (Phi) is 8.25. The summed E-state index contributed by atoms with van der Waals surface area (Å²) in [6.45, 7) is 5.58. The molecule has 0 bridgehead atoms. The molecule has 1 unspecified atom stereocenters. The average Bonchev–Trinajstić information content (AvgIpc) is 2.83. The van der Waals surface area contributed by atoms with Crippen LogP contribution in [-0.4, -0.2) is 35.3 Å². The smallest absolute Gasteiger partial charge is 0.313 e. The highest BCUT2D eigenvalue weighted by molar-refractivity contribution is 6.39. The van der Waals surface area contributed by atoms with Gasteiger partial charge in [0.1, 0.15) is 11.8 Å². The molecule has 3 aromatic carbocycles. The van der Waals surface area contributed by atoms with Gasteiger partial charge in [0.25, 0.3) is 0 Å². The van der Waals surface area contributed by atoms with Crippen molar-refractivity contribution in [3.05, 3.63) is 96.1 Å². The standard InChI is InChI=1S/C28H31N3O4/c1-28(2,3)30-25(32)24(20-13-7-5-8-14-20)31(19-21-15-11-12-18-23(21)35-4)27(34)26(33)29-22-16-9-6-10-17-22/h5-18,24H,19H2,1-4H3,(H,29,33)(H,30,32). The number of nitrogens with one attached hydrogen (secondary N) is 2. The summed E-state index contributed by atoms with van der Waals surface area (Å²) in [6, 6.07) is 23.8. The van der Waals surface area contributed by atoms with Gasteiger partial charge in [0.15, 0.2) is 0 Å². The minimum atomic E-state index is -1.05. The Balaban J connectivity index is 2.06. The van der Waals surface area contributed by atoms with Crippen LogP contribution >= 0.6 is 0 Å². The molecule has 0 aliphatic rings. The number of carbonyl (C=O) groups excluding carboxylic acids is 3. The predicted octanol–water partition coefficient (Wildman–Crippen LogP) is 4.32. The molecule has 182 valence electrons. The number of nitrogens with zero attached hydrogens (tertiary/aromatic N) is 1. The lowest BCUT2D eigenvalue weighted by Crippen LogP contribution is -2.51. The SMILES string of the molecule is COc1ccccc1CN(C(=O)C(=O)Nc1ccccc1)C(C(=O)NC(C)(C)C)c1ccccc1. The summed E-state index contributed by atoms with van der Waals surface area (Å²) in [4.78, 5) is 41.6. The van der Waals surface area contributed by atoms with Crippen molar-refractivity contribution in [1.82, 2.24) is 10.2 Å². The predicted molar refractivity (Wildman–Crippen MR) is 136 cm³/mol.